The van der Waals surface area contributed by atoms with E-state index in [-0.39, 0.29) is 5.41 Å². The number of benzene rings is 2. The first-order valence-electron chi connectivity index (χ1n) is 8.40. The van der Waals surface area contributed by atoms with Crippen molar-refractivity contribution in [2.75, 3.05) is 13.2 Å². The molecule has 0 aliphatic heterocycles. The van der Waals surface area contributed by atoms with Crippen LogP contribution in [0.4, 0.5) is 0 Å². The average Bonchev–Trinajstić information content (AvgIpc) is 2.52. The van der Waals surface area contributed by atoms with Crippen molar-refractivity contribution in [1.29, 1.82) is 0 Å². The molecule has 0 radical (unpaired) electrons. The summed E-state index contributed by atoms with van der Waals surface area (Å²) in [4.78, 5) is 0. The van der Waals surface area contributed by atoms with Gasteiger partial charge in [-0.15, -0.1) is 0 Å². The predicted octanol–water partition coefficient (Wildman–Crippen LogP) is 4.80. The zero-order valence-corrected chi connectivity index (χ0v) is 14.8. The molecule has 23 heavy (non-hydrogen) atoms. The van der Waals surface area contributed by atoms with Crippen LogP contribution >= 0.6 is 0 Å². The molecule has 0 aromatic heterocycles. The van der Waals surface area contributed by atoms with Crippen molar-refractivity contribution in [2.24, 2.45) is 5.73 Å². The fourth-order valence-corrected chi connectivity index (χ4v) is 2.63. The van der Waals surface area contributed by atoms with Crippen LogP contribution in [-0.4, -0.2) is 13.2 Å². The summed E-state index contributed by atoms with van der Waals surface area (Å²) < 4.78 is 5.90. The summed E-state index contributed by atoms with van der Waals surface area (Å²) in [6.45, 7) is 10.1. The lowest BCUT2D eigenvalue weighted by Gasteiger charge is -2.19. The molecule has 0 heterocycles. The van der Waals surface area contributed by atoms with Crippen LogP contribution in [0.15, 0.2) is 48.5 Å². The first kappa shape index (κ1) is 17.6. The third kappa shape index (κ3) is 5.11. The number of rotatable bonds is 6. The van der Waals surface area contributed by atoms with Gasteiger partial charge >= 0.3 is 0 Å². The summed E-state index contributed by atoms with van der Waals surface area (Å²) in [5, 5.41) is 0. The monoisotopic (exact) mass is 311 g/mol. The topological polar surface area (TPSA) is 35.2 Å². The van der Waals surface area contributed by atoms with E-state index in [4.69, 9.17) is 10.5 Å². The predicted molar refractivity (Wildman–Crippen MR) is 98.2 cm³/mol. The maximum absolute atomic E-state index is 5.93. The highest BCUT2D eigenvalue weighted by molar-refractivity contribution is 5.31. The summed E-state index contributed by atoms with van der Waals surface area (Å²) in [7, 11) is 0. The molecule has 0 aliphatic rings. The highest BCUT2D eigenvalue weighted by atomic mass is 16.5. The lowest BCUT2D eigenvalue weighted by molar-refractivity contribution is 0.298. The van der Waals surface area contributed by atoms with Gasteiger partial charge in [-0.25, -0.2) is 0 Å². The van der Waals surface area contributed by atoms with Gasteiger partial charge in [-0.05, 0) is 54.5 Å². The van der Waals surface area contributed by atoms with Crippen LogP contribution in [-0.2, 0) is 5.41 Å². The van der Waals surface area contributed by atoms with E-state index in [1.165, 1.54) is 16.7 Å². The smallest absolute Gasteiger partial charge is 0.119 e. The van der Waals surface area contributed by atoms with Crippen molar-refractivity contribution in [3.05, 3.63) is 65.2 Å². The van der Waals surface area contributed by atoms with Crippen LogP contribution in [0.2, 0.25) is 0 Å². The number of ether oxygens (including phenoxy) is 1. The minimum Gasteiger partial charge on any atom is -0.494 e. The first-order valence-corrected chi connectivity index (χ1v) is 8.40. The molecular formula is C21H29NO. The van der Waals surface area contributed by atoms with Gasteiger partial charge < -0.3 is 10.5 Å². The second-order valence-corrected chi connectivity index (χ2v) is 7.25. The van der Waals surface area contributed by atoms with Crippen LogP contribution in [0.5, 0.6) is 5.75 Å². The largest absolute Gasteiger partial charge is 0.494 e. The molecule has 0 saturated carbocycles. The van der Waals surface area contributed by atoms with E-state index in [2.05, 4.69) is 76.2 Å². The third-order valence-corrected chi connectivity index (χ3v) is 4.29. The Morgan fingerprint density at radius 1 is 0.957 bits per heavy atom. The average molecular weight is 311 g/mol. The van der Waals surface area contributed by atoms with Crippen LogP contribution in [0.25, 0.3) is 0 Å². The van der Waals surface area contributed by atoms with Crippen molar-refractivity contribution in [1.82, 2.24) is 0 Å². The van der Waals surface area contributed by atoms with Gasteiger partial charge in [0.2, 0.25) is 0 Å². The van der Waals surface area contributed by atoms with Crippen molar-refractivity contribution >= 4 is 0 Å². The molecule has 2 heteroatoms. The van der Waals surface area contributed by atoms with E-state index in [1.807, 2.05) is 0 Å². The molecule has 124 valence electrons. The number of hydrogen-bond acceptors (Lipinski definition) is 2. The molecule has 1 unspecified atom stereocenters. The Bertz CT molecular complexity index is 593. The molecule has 0 saturated heterocycles. The van der Waals surface area contributed by atoms with E-state index in [0.29, 0.717) is 19.1 Å². The quantitative estimate of drug-likeness (QED) is 0.831. The molecule has 2 rings (SSSR count). The molecule has 2 aromatic rings. The fraction of sp³-hybridized carbons (Fsp3) is 0.429. The zero-order chi connectivity index (χ0) is 16.9. The standard InChI is InChI=1S/C21H29NO/c1-16-5-7-17(8-6-16)18(15-22)13-14-23-20-11-9-19(10-12-20)21(2,3)4/h5-12,18H,13-15,22H2,1-4H3. The minimum atomic E-state index is 0.175. The van der Waals surface area contributed by atoms with Gasteiger partial charge in [0.1, 0.15) is 5.75 Å². The van der Waals surface area contributed by atoms with Gasteiger partial charge in [-0.1, -0.05) is 62.7 Å². The van der Waals surface area contributed by atoms with Gasteiger partial charge in [0.15, 0.2) is 0 Å². The summed E-state index contributed by atoms with van der Waals surface area (Å²) in [6.07, 6.45) is 0.931. The van der Waals surface area contributed by atoms with Gasteiger partial charge in [-0.2, -0.15) is 0 Å². The summed E-state index contributed by atoms with van der Waals surface area (Å²) in [5.41, 5.74) is 10.0. The van der Waals surface area contributed by atoms with Gasteiger partial charge in [0.25, 0.3) is 0 Å². The fourth-order valence-electron chi connectivity index (χ4n) is 2.63. The lowest BCUT2D eigenvalue weighted by Crippen LogP contribution is -2.15. The maximum Gasteiger partial charge on any atom is 0.119 e. The van der Waals surface area contributed by atoms with Gasteiger partial charge in [-0.3, -0.25) is 0 Å². The Balaban J connectivity index is 1.89. The molecule has 0 amide bonds. The normalized spacial score (nSPS) is 12.9. The summed E-state index contributed by atoms with van der Waals surface area (Å²) >= 11 is 0. The van der Waals surface area contributed by atoms with E-state index in [1.54, 1.807) is 0 Å². The summed E-state index contributed by atoms with van der Waals surface area (Å²) in [6, 6.07) is 17.0. The molecule has 0 bridgehead atoms. The van der Waals surface area contributed by atoms with E-state index in [0.717, 1.165) is 12.2 Å². The van der Waals surface area contributed by atoms with Crippen LogP contribution in [0.3, 0.4) is 0 Å². The molecule has 0 spiro atoms. The molecular weight excluding hydrogens is 282 g/mol. The summed E-state index contributed by atoms with van der Waals surface area (Å²) in [5.74, 6) is 1.28. The third-order valence-electron chi connectivity index (χ3n) is 4.29. The number of nitrogens with two attached hydrogens (primary N) is 1. The first-order chi connectivity index (χ1) is 10.9. The van der Waals surface area contributed by atoms with Gasteiger partial charge in [0.05, 0.1) is 6.61 Å². The Morgan fingerprint density at radius 3 is 2.09 bits per heavy atom. The number of hydrogen-bond donors (Lipinski definition) is 1. The Labute approximate surface area is 140 Å². The zero-order valence-electron chi connectivity index (χ0n) is 14.8. The lowest BCUT2D eigenvalue weighted by atomic mass is 9.87. The van der Waals surface area contributed by atoms with Gasteiger partial charge in [0, 0.05) is 0 Å². The molecule has 0 fully saturated rings. The molecule has 1 atom stereocenters. The van der Waals surface area contributed by atoms with Crippen molar-refractivity contribution in [3.63, 3.8) is 0 Å². The van der Waals surface area contributed by atoms with Crippen molar-refractivity contribution in [3.8, 4) is 5.75 Å². The molecule has 2 N–H and O–H groups in total. The van der Waals surface area contributed by atoms with Crippen molar-refractivity contribution in [2.45, 2.75) is 45.4 Å². The van der Waals surface area contributed by atoms with E-state index in [9.17, 15) is 0 Å². The second-order valence-electron chi connectivity index (χ2n) is 7.25. The molecule has 0 aliphatic carbocycles. The Kier molecular flexibility index (Phi) is 5.84. The second kappa shape index (κ2) is 7.65. The maximum atomic E-state index is 5.93. The van der Waals surface area contributed by atoms with E-state index < -0.39 is 0 Å². The SMILES string of the molecule is Cc1ccc(C(CN)CCOc2ccc(C(C)(C)C)cc2)cc1. The highest BCUT2D eigenvalue weighted by Gasteiger charge is 2.13. The highest BCUT2D eigenvalue weighted by Crippen LogP contribution is 2.25. The molecule has 2 nitrogen and oxygen atoms in total. The van der Waals surface area contributed by atoms with Crippen molar-refractivity contribution < 1.29 is 4.74 Å². The van der Waals surface area contributed by atoms with Crippen LogP contribution in [0.1, 0.15) is 49.8 Å². The minimum absolute atomic E-state index is 0.175. The molecule has 2 aromatic carbocycles. The van der Waals surface area contributed by atoms with Crippen LogP contribution < -0.4 is 10.5 Å². The Hall–Kier alpha value is -1.80. The Morgan fingerprint density at radius 2 is 1.57 bits per heavy atom. The number of aryl methyl sites for hydroxylation is 1. The van der Waals surface area contributed by atoms with Crippen LogP contribution in [0, 0.1) is 6.92 Å². The van der Waals surface area contributed by atoms with E-state index >= 15 is 0 Å².